The number of carbonyl (C=O) groups excluding carboxylic acids is 2. The average molecular weight is 312 g/mol. The number of rotatable bonds is 4. The lowest BCUT2D eigenvalue weighted by molar-refractivity contribution is -0.167. The van der Waals surface area contributed by atoms with Crippen LogP contribution in [0, 0.1) is 11.3 Å². The Kier molecular flexibility index (Phi) is 3.91. The molecule has 0 spiro atoms. The molecule has 0 saturated heterocycles. The van der Waals surface area contributed by atoms with Gasteiger partial charge in [0.15, 0.2) is 5.78 Å². The first-order chi connectivity index (χ1) is 11.0. The maximum Gasteiger partial charge on any atom is 0.320 e. The van der Waals surface area contributed by atoms with E-state index in [2.05, 4.69) is 19.6 Å². The van der Waals surface area contributed by atoms with Gasteiger partial charge in [0.1, 0.15) is 5.41 Å². The Morgan fingerprint density at radius 1 is 1.43 bits per heavy atom. The van der Waals surface area contributed by atoms with Gasteiger partial charge in [0.25, 0.3) is 0 Å². The number of ether oxygens (including phenoxy) is 1. The van der Waals surface area contributed by atoms with Gasteiger partial charge in [0.2, 0.25) is 0 Å². The smallest absolute Gasteiger partial charge is 0.320 e. The largest absolute Gasteiger partial charge is 0.465 e. The molecule has 2 aliphatic rings. The lowest BCUT2D eigenvalue weighted by Crippen LogP contribution is -2.57. The Labute approximate surface area is 137 Å². The average Bonchev–Trinajstić information content (AvgIpc) is 2.53. The second kappa shape index (κ2) is 5.63. The molecule has 0 radical (unpaired) electrons. The van der Waals surface area contributed by atoms with Crippen molar-refractivity contribution in [1.29, 1.82) is 0 Å². The van der Waals surface area contributed by atoms with Crippen LogP contribution in [0.5, 0.6) is 0 Å². The molecule has 0 amide bonds. The van der Waals surface area contributed by atoms with Gasteiger partial charge in [-0.25, -0.2) is 0 Å². The minimum Gasteiger partial charge on any atom is -0.465 e. The number of hydrogen-bond donors (Lipinski definition) is 0. The van der Waals surface area contributed by atoms with Crippen LogP contribution in [0.1, 0.15) is 44.2 Å². The van der Waals surface area contributed by atoms with Crippen LogP contribution in [0.2, 0.25) is 0 Å². The Balaban J connectivity index is 2.15. The first-order valence-corrected chi connectivity index (χ1v) is 8.37. The predicted molar refractivity (Wildman–Crippen MR) is 89.1 cm³/mol. The summed E-state index contributed by atoms with van der Waals surface area (Å²) in [6.07, 6.45) is 4.21. The van der Waals surface area contributed by atoms with E-state index in [1.165, 1.54) is 5.56 Å². The molecule has 2 bridgehead atoms. The molecule has 1 aromatic carbocycles. The highest BCUT2D eigenvalue weighted by Gasteiger charge is 2.60. The van der Waals surface area contributed by atoms with Crippen molar-refractivity contribution in [2.75, 3.05) is 6.61 Å². The molecule has 3 rings (SSSR count). The van der Waals surface area contributed by atoms with Gasteiger partial charge in [-0.1, -0.05) is 37.3 Å². The molecule has 1 saturated carbocycles. The third kappa shape index (κ3) is 2.34. The number of esters is 1. The van der Waals surface area contributed by atoms with Crippen molar-refractivity contribution in [2.24, 2.45) is 11.3 Å². The third-order valence-electron chi connectivity index (χ3n) is 5.51. The molecule has 1 fully saturated rings. The van der Waals surface area contributed by atoms with E-state index in [0.29, 0.717) is 25.9 Å². The Morgan fingerprint density at radius 3 is 2.87 bits per heavy atom. The summed E-state index contributed by atoms with van der Waals surface area (Å²) in [6, 6.07) is 8.21. The van der Waals surface area contributed by atoms with Crippen molar-refractivity contribution in [3.63, 3.8) is 0 Å². The fourth-order valence-electron chi connectivity index (χ4n) is 4.70. The van der Waals surface area contributed by atoms with E-state index in [1.807, 2.05) is 18.2 Å². The lowest BCUT2D eigenvalue weighted by atomic mass is 9.50. The van der Waals surface area contributed by atoms with Crippen LogP contribution in [-0.4, -0.2) is 18.4 Å². The quantitative estimate of drug-likeness (QED) is 0.484. The zero-order valence-corrected chi connectivity index (χ0v) is 13.9. The molecule has 3 nitrogen and oxygen atoms in total. The monoisotopic (exact) mass is 312 g/mol. The summed E-state index contributed by atoms with van der Waals surface area (Å²) in [7, 11) is 0. The summed E-state index contributed by atoms with van der Waals surface area (Å²) in [5.41, 5.74) is 1.20. The zero-order valence-electron chi connectivity index (χ0n) is 13.9. The van der Waals surface area contributed by atoms with E-state index in [-0.39, 0.29) is 23.1 Å². The van der Waals surface area contributed by atoms with Crippen molar-refractivity contribution in [3.05, 3.63) is 48.0 Å². The van der Waals surface area contributed by atoms with Gasteiger partial charge in [-0.15, -0.1) is 6.58 Å². The van der Waals surface area contributed by atoms with Crippen molar-refractivity contribution in [3.8, 4) is 0 Å². The number of carbonyl (C=O) groups is 2. The minimum atomic E-state index is -1.02. The third-order valence-corrected chi connectivity index (χ3v) is 5.51. The van der Waals surface area contributed by atoms with E-state index in [0.717, 1.165) is 12.0 Å². The van der Waals surface area contributed by atoms with Crippen molar-refractivity contribution in [2.45, 2.75) is 44.9 Å². The number of Topliss-reactive ketones (excluding diaryl/α,β-unsaturated/α-hetero) is 1. The molecule has 0 N–H and O–H groups in total. The van der Waals surface area contributed by atoms with Crippen molar-refractivity contribution >= 4 is 11.8 Å². The molecule has 122 valence electrons. The van der Waals surface area contributed by atoms with Gasteiger partial charge in [0, 0.05) is 5.92 Å². The Hall–Kier alpha value is -1.90. The molecule has 1 aromatic rings. The Morgan fingerprint density at radius 2 is 2.17 bits per heavy atom. The summed E-state index contributed by atoms with van der Waals surface area (Å²) in [4.78, 5) is 25.9. The molecule has 0 aliphatic heterocycles. The van der Waals surface area contributed by atoms with Crippen LogP contribution in [-0.2, 0) is 26.2 Å². The molecular formula is C20H24O3. The topological polar surface area (TPSA) is 43.4 Å². The zero-order chi connectivity index (χ0) is 16.7. The second-order valence-corrected chi connectivity index (χ2v) is 7.16. The Bertz CT molecular complexity index is 663. The maximum absolute atomic E-state index is 13.2. The van der Waals surface area contributed by atoms with Crippen LogP contribution >= 0.6 is 0 Å². The summed E-state index contributed by atoms with van der Waals surface area (Å²) in [5, 5.41) is 0. The normalized spacial score (nSPS) is 32.1. The summed E-state index contributed by atoms with van der Waals surface area (Å²) in [6.45, 7) is 8.06. The number of benzene rings is 1. The van der Waals surface area contributed by atoms with Gasteiger partial charge in [0.05, 0.1) is 6.61 Å². The predicted octanol–water partition coefficient (Wildman–Crippen LogP) is 3.61. The van der Waals surface area contributed by atoms with E-state index in [1.54, 1.807) is 13.0 Å². The van der Waals surface area contributed by atoms with Crippen LogP contribution in [0.3, 0.4) is 0 Å². The standard InChI is InChI=1S/C20H24O3/c1-4-8-15-11-19(3)13-20(17(15)21,18(22)23-5-2)12-14-9-6-7-10-16(14)19/h4,6-7,9-10,15H,1,5,8,11-13H2,2-3H3/t15-,19+,20-/m0/s1. The van der Waals surface area contributed by atoms with Gasteiger partial charge < -0.3 is 4.74 Å². The first kappa shape index (κ1) is 16.0. The fraction of sp³-hybridized carbons (Fsp3) is 0.500. The van der Waals surface area contributed by atoms with Crippen LogP contribution in [0.25, 0.3) is 0 Å². The van der Waals surface area contributed by atoms with Crippen LogP contribution in [0.4, 0.5) is 0 Å². The molecule has 3 atom stereocenters. The molecule has 23 heavy (non-hydrogen) atoms. The minimum absolute atomic E-state index is 0.0443. The highest BCUT2D eigenvalue weighted by atomic mass is 16.5. The number of fused-ring (bicyclic) bond motifs is 4. The highest BCUT2D eigenvalue weighted by Crippen LogP contribution is 2.55. The van der Waals surface area contributed by atoms with Crippen LogP contribution in [0.15, 0.2) is 36.9 Å². The van der Waals surface area contributed by atoms with E-state index in [9.17, 15) is 9.59 Å². The molecule has 2 aliphatic carbocycles. The highest BCUT2D eigenvalue weighted by molar-refractivity contribution is 6.06. The SMILES string of the molecule is C=CC[C@H]1C[C@]2(C)C[C@@](C(=O)OCC)(Cc3ccccc32)C1=O. The molecule has 0 aromatic heterocycles. The van der Waals surface area contributed by atoms with Crippen LogP contribution < -0.4 is 0 Å². The number of hydrogen-bond acceptors (Lipinski definition) is 3. The van der Waals surface area contributed by atoms with E-state index >= 15 is 0 Å². The first-order valence-electron chi connectivity index (χ1n) is 8.37. The van der Waals surface area contributed by atoms with E-state index in [4.69, 9.17) is 4.74 Å². The van der Waals surface area contributed by atoms with Crippen molar-refractivity contribution < 1.29 is 14.3 Å². The molecular weight excluding hydrogens is 288 g/mol. The summed E-state index contributed by atoms with van der Waals surface area (Å²) >= 11 is 0. The second-order valence-electron chi connectivity index (χ2n) is 7.16. The number of ketones is 1. The van der Waals surface area contributed by atoms with Gasteiger partial charge >= 0.3 is 5.97 Å². The fourth-order valence-corrected chi connectivity index (χ4v) is 4.70. The molecule has 3 heteroatoms. The van der Waals surface area contributed by atoms with Gasteiger partial charge in [-0.2, -0.15) is 0 Å². The molecule has 0 unspecified atom stereocenters. The summed E-state index contributed by atoms with van der Waals surface area (Å²) < 4.78 is 5.33. The maximum atomic E-state index is 13.2. The molecule has 0 heterocycles. The van der Waals surface area contributed by atoms with Gasteiger partial charge in [-0.05, 0) is 49.1 Å². The summed E-state index contributed by atoms with van der Waals surface area (Å²) in [5.74, 6) is -0.452. The number of allylic oxidation sites excluding steroid dienone is 1. The van der Waals surface area contributed by atoms with Gasteiger partial charge in [-0.3, -0.25) is 9.59 Å². The lowest BCUT2D eigenvalue weighted by Gasteiger charge is -2.51. The van der Waals surface area contributed by atoms with E-state index < -0.39 is 5.41 Å². The van der Waals surface area contributed by atoms with Crippen molar-refractivity contribution in [1.82, 2.24) is 0 Å².